The summed E-state index contributed by atoms with van der Waals surface area (Å²) in [6, 6.07) is 19.1. The molecule has 7 heteroatoms. The van der Waals surface area contributed by atoms with Crippen LogP contribution in [-0.2, 0) is 4.79 Å². The number of tetrazole rings is 1. The summed E-state index contributed by atoms with van der Waals surface area (Å²) in [5.74, 6) is 0.613. The highest BCUT2D eigenvalue weighted by atomic mass is 16.2. The Kier molecular flexibility index (Phi) is 4.68. The van der Waals surface area contributed by atoms with Crippen LogP contribution in [0.4, 0.5) is 0 Å². The van der Waals surface area contributed by atoms with Crippen molar-refractivity contribution < 1.29 is 4.79 Å². The third-order valence-corrected chi connectivity index (χ3v) is 5.07. The van der Waals surface area contributed by atoms with E-state index in [9.17, 15) is 4.79 Å². The maximum Gasteiger partial charge on any atom is 0.249 e. The Morgan fingerprint density at radius 2 is 1.74 bits per heavy atom. The van der Waals surface area contributed by atoms with Crippen molar-refractivity contribution >= 4 is 5.91 Å². The Hall–Kier alpha value is -3.06. The summed E-state index contributed by atoms with van der Waals surface area (Å²) in [5.41, 5.74) is 8.35. The predicted molar refractivity (Wildman–Crippen MR) is 102 cm³/mol. The lowest BCUT2D eigenvalue weighted by Crippen LogP contribution is -2.37. The van der Waals surface area contributed by atoms with Crippen LogP contribution in [0, 0.1) is 0 Å². The first-order valence-electron chi connectivity index (χ1n) is 9.07. The average Bonchev–Trinajstić information content (AvgIpc) is 3.35. The smallest absolute Gasteiger partial charge is 0.249 e. The summed E-state index contributed by atoms with van der Waals surface area (Å²) in [6.45, 7) is 2.93. The van der Waals surface area contributed by atoms with Crippen molar-refractivity contribution in [2.75, 3.05) is 13.1 Å². The molecule has 1 aliphatic heterocycles. The molecule has 0 aliphatic carbocycles. The minimum absolute atomic E-state index is 0.0408. The lowest BCUT2D eigenvalue weighted by molar-refractivity contribution is -0.133. The van der Waals surface area contributed by atoms with Crippen LogP contribution >= 0.6 is 0 Å². The number of nitrogens with zero attached hydrogens (tertiary/aromatic N) is 5. The van der Waals surface area contributed by atoms with Crippen LogP contribution in [0.2, 0.25) is 0 Å². The predicted octanol–water partition coefficient (Wildman–Crippen LogP) is 1.85. The first kappa shape index (κ1) is 17.4. The maximum atomic E-state index is 13.0. The van der Waals surface area contributed by atoms with Gasteiger partial charge in [-0.05, 0) is 17.7 Å². The van der Waals surface area contributed by atoms with Crippen LogP contribution in [0.3, 0.4) is 0 Å². The molecule has 0 radical (unpaired) electrons. The van der Waals surface area contributed by atoms with Gasteiger partial charge in [0.2, 0.25) is 11.7 Å². The summed E-state index contributed by atoms with van der Waals surface area (Å²) >= 11 is 0. The third-order valence-electron chi connectivity index (χ3n) is 5.07. The van der Waals surface area contributed by atoms with Gasteiger partial charge in [-0.3, -0.25) is 4.79 Å². The number of carbonyl (C=O) groups is 1. The van der Waals surface area contributed by atoms with E-state index in [1.807, 2.05) is 48.5 Å². The van der Waals surface area contributed by atoms with Gasteiger partial charge in [0.25, 0.3) is 0 Å². The molecular formula is C20H22N6O. The first-order chi connectivity index (χ1) is 13.1. The van der Waals surface area contributed by atoms with E-state index < -0.39 is 6.04 Å². The lowest BCUT2D eigenvalue weighted by atomic mass is 9.95. The number of benzene rings is 2. The molecule has 1 fully saturated rings. The van der Waals surface area contributed by atoms with Crippen molar-refractivity contribution in [2.24, 2.45) is 5.73 Å². The molecule has 138 valence electrons. The number of hydrogen-bond acceptors (Lipinski definition) is 5. The minimum Gasteiger partial charge on any atom is -0.339 e. The Balaban J connectivity index is 1.48. The largest absolute Gasteiger partial charge is 0.339 e. The number of aromatic nitrogens is 4. The lowest BCUT2D eigenvalue weighted by Gasteiger charge is -2.20. The third kappa shape index (κ3) is 3.46. The number of hydrogen-bond donors (Lipinski definition) is 1. The summed E-state index contributed by atoms with van der Waals surface area (Å²) in [5, 5.41) is 12.5. The van der Waals surface area contributed by atoms with E-state index in [4.69, 9.17) is 5.73 Å². The Bertz CT molecular complexity index is 910. The molecule has 3 aromatic rings. The van der Waals surface area contributed by atoms with Crippen LogP contribution in [0.15, 0.2) is 60.7 Å². The normalized spacial score (nSPS) is 20.6. The van der Waals surface area contributed by atoms with Crippen LogP contribution in [0.25, 0.3) is 11.4 Å². The highest BCUT2D eigenvalue weighted by molar-refractivity contribution is 5.80. The van der Waals surface area contributed by atoms with Crippen LogP contribution < -0.4 is 5.73 Å². The molecule has 1 aliphatic rings. The van der Waals surface area contributed by atoms with Gasteiger partial charge in [0.05, 0.1) is 0 Å². The number of rotatable bonds is 4. The molecule has 1 saturated heterocycles. The van der Waals surface area contributed by atoms with Gasteiger partial charge in [0, 0.05) is 30.6 Å². The summed E-state index contributed by atoms with van der Waals surface area (Å²) in [4.78, 5) is 16.1. The van der Waals surface area contributed by atoms with Crippen molar-refractivity contribution in [1.82, 2.24) is 25.1 Å². The molecule has 1 amide bonds. The number of likely N-dealkylation sites (tertiary alicyclic amines) is 1. The Morgan fingerprint density at radius 1 is 1.07 bits per heavy atom. The van der Waals surface area contributed by atoms with Crippen molar-refractivity contribution in [3.63, 3.8) is 0 Å². The monoisotopic (exact) mass is 362 g/mol. The zero-order chi connectivity index (χ0) is 18.8. The number of nitrogens with two attached hydrogens (primary N) is 1. The average molecular weight is 362 g/mol. The molecule has 1 unspecified atom stereocenters. The van der Waals surface area contributed by atoms with Crippen LogP contribution in [0.1, 0.15) is 24.4 Å². The second-order valence-corrected chi connectivity index (χ2v) is 6.90. The molecular weight excluding hydrogens is 340 g/mol. The van der Waals surface area contributed by atoms with E-state index in [1.54, 1.807) is 11.8 Å². The fourth-order valence-corrected chi connectivity index (χ4v) is 3.52. The van der Waals surface area contributed by atoms with Crippen molar-refractivity contribution in [3.8, 4) is 11.4 Å². The summed E-state index contributed by atoms with van der Waals surface area (Å²) in [7, 11) is 0. The van der Waals surface area contributed by atoms with Crippen molar-refractivity contribution in [3.05, 3.63) is 66.2 Å². The Labute approximate surface area is 157 Å². The van der Waals surface area contributed by atoms with E-state index in [0.29, 0.717) is 18.9 Å². The molecule has 1 aromatic heterocycles. The molecule has 0 spiro atoms. The highest BCUT2D eigenvalue weighted by Gasteiger charge is 2.36. The van der Waals surface area contributed by atoms with E-state index >= 15 is 0 Å². The molecule has 7 nitrogen and oxygen atoms in total. The quantitative estimate of drug-likeness (QED) is 0.765. The zero-order valence-electron chi connectivity index (χ0n) is 15.1. The van der Waals surface area contributed by atoms with Crippen LogP contribution in [-0.4, -0.2) is 50.1 Å². The summed E-state index contributed by atoms with van der Waals surface area (Å²) < 4.78 is 0. The van der Waals surface area contributed by atoms with Crippen molar-refractivity contribution in [1.29, 1.82) is 0 Å². The van der Waals surface area contributed by atoms with Gasteiger partial charge in [-0.2, -0.15) is 4.80 Å². The molecule has 0 bridgehead atoms. The zero-order valence-corrected chi connectivity index (χ0v) is 15.1. The van der Waals surface area contributed by atoms with Gasteiger partial charge >= 0.3 is 0 Å². The standard InChI is InChI=1S/C20H22N6O/c1-14(26-23-19(22-24-26)16-10-6-3-7-11-16)20(27)25-12-17(18(21)13-25)15-8-4-2-5-9-15/h2-11,14,17-18H,12-13,21H2,1H3/t14?,17-,18+/m0/s1. The van der Waals surface area contributed by atoms with Gasteiger partial charge in [-0.1, -0.05) is 60.7 Å². The molecule has 0 saturated carbocycles. The first-order valence-corrected chi connectivity index (χ1v) is 9.07. The van der Waals surface area contributed by atoms with E-state index in [2.05, 4.69) is 27.5 Å². The van der Waals surface area contributed by atoms with Gasteiger partial charge in [0.15, 0.2) is 0 Å². The van der Waals surface area contributed by atoms with Gasteiger partial charge in [-0.15, -0.1) is 10.2 Å². The van der Waals surface area contributed by atoms with Gasteiger partial charge in [0.1, 0.15) is 6.04 Å². The molecule has 27 heavy (non-hydrogen) atoms. The fraction of sp³-hybridized carbons (Fsp3) is 0.300. The maximum absolute atomic E-state index is 13.0. The second kappa shape index (κ2) is 7.28. The van der Waals surface area contributed by atoms with E-state index in [0.717, 1.165) is 11.1 Å². The van der Waals surface area contributed by atoms with Gasteiger partial charge in [-0.25, -0.2) is 0 Å². The van der Waals surface area contributed by atoms with E-state index in [1.165, 1.54) is 4.80 Å². The Morgan fingerprint density at radius 3 is 2.44 bits per heavy atom. The van der Waals surface area contributed by atoms with Crippen molar-refractivity contribution in [2.45, 2.75) is 24.9 Å². The number of carbonyl (C=O) groups excluding carboxylic acids is 1. The van der Waals surface area contributed by atoms with Crippen LogP contribution in [0.5, 0.6) is 0 Å². The fourth-order valence-electron chi connectivity index (χ4n) is 3.52. The second-order valence-electron chi connectivity index (χ2n) is 6.90. The molecule has 3 atom stereocenters. The molecule has 2 aromatic carbocycles. The topological polar surface area (TPSA) is 89.9 Å². The van der Waals surface area contributed by atoms with E-state index in [-0.39, 0.29) is 17.9 Å². The SMILES string of the molecule is CC(C(=O)N1C[C@@H](N)[C@H](c2ccccc2)C1)n1nnc(-c2ccccc2)n1. The molecule has 2 N–H and O–H groups in total. The summed E-state index contributed by atoms with van der Waals surface area (Å²) in [6.07, 6.45) is 0. The minimum atomic E-state index is -0.531. The number of amides is 1. The van der Waals surface area contributed by atoms with Gasteiger partial charge < -0.3 is 10.6 Å². The molecule has 4 rings (SSSR count). The molecule has 2 heterocycles. The highest BCUT2D eigenvalue weighted by Crippen LogP contribution is 2.27.